The van der Waals surface area contributed by atoms with Gasteiger partial charge < -0.3 is 5.32 Å². The lowest BCUT2D eigenvalue weighted by Crippen LogP contribution is -2.11. The molecule has 1 aromatic heterocycles. The number of nitrogens with one attached hydrogen (secondary N) is 1. The van der Waals surface area contributed by atoms with E-state index in [-0.39, 0.29) is 0 Å². The Morgan fingerprint density at radius 2 is 2.00 bits per heavy atom. The molecule has 0 fully saturated rings. The number of rotatable bonds is 5. The Balaban J connectivity index is 2.04. The van der Waals surface area contributed by atoms with Gasteiger partial charge in [-0.3, -0.25) is 0 Å². The molecule has 0 bridgehead atoms. The highest BCUT2D eigenvalue weighted by molar-refractivity contribution is 7.11. The molecular formula is C12H14ClN3S. The van der Waals surface area contributed by atoms with Crippen LogP contribution in [0.25, 0.3) is 0 Å². The Morgan fingerprint density at radius 1 is 1.24 bits per heavy atom. The monoisotopic (exact) mass is 267 g/mol. The summed E-state index contributed by atoms with van der Waals surface area (Å²) in [5.41, 5.74) is 1.10. The minimum Gasteiger partial charge on any atom is -0.311 e. The van der Waals surface area contributed by atoms with E-state index in [9.17, 15) is 0 Å². The second-order valence-electron chi connectivity index (χ2n) is 3.64. The maximum Gasteiger partial charge on any atom is 0.131 e. The molecule has 2 rings (SSSR count). The van der Waals surface area contributed by atoms with Gasteiger partial charge in [0, 0.05) is 18.0 Å². The highest BCUT2D eigenvalue weighted by Crippen LogP contribution is 2.20. The van der Waals surface area contributed by atoms with E-state index in [1.165, 1.54) is 0 Å². The van der Waals surface area contributed by atoms with E-state index in [1.54, 1.807) is 11.3 Å². The van der Waals surface area contributed by atoms with Crippen molar-refractivity contribution in [1.82, 2.24) is 15.5 Å². The standard InChI is InChI=1S/C12H14ClN3S/c1-2-14-8-12-16-15-11(17-12)7-9-5-3-4-6-10(9)13/h3-6,14H,2,7-8H2,1H3. The van der Waals surface area contributed by atoms with Crippen LogP contribution in [0.1, 0.15) is 22.5 Å². The molecule has 90 valence electrons. The lowest BCUT2D eigenvalue weighted by molar-refractivity contribution is 0.714. The summed E-state index contributed by atoms with van der Waals surface area (Å²) in [6, 6.07) is 7.84. The lowest BCUT2D eigenvalue weighted by Gasteiger charge is -1.99. The van der Waals surface area contributed by atoms with Crippen molar-refractivity contribution in [2.45, 2.75) is 19.9 Å². The topological polar surface area (TPSA) is 37.8 Å². The van der Waals surface area contributed by atoms with Crippen LogP contribution < -0.4 is 5.32 Å². The molecule has 1 N–H and O–H groups in total. The molecule has 0 amide bonds. The molecule has 0 aliphatic heterocycles. The van der Waals surface area contributed by atoms with Crippen LogP contribution in [0.2, 0.25) is 5.02 Å². The third-order valence-electron chi connectivity index (χ3n) is 2.33. The van der Waals surface area contributed by atoms with E-state index in [0.717, 1.165) is 40.1 Å². The van der Waals surface area contributed by atoms with Crippen LogP contribution in [0.4, 0.5) is 0 Å². The van der Waals surface area contributed by atoms with Gasteiger partial charge in [0.15, 0.2) is 0 Å². The molecular weight excluding hydrogens is 254 g/mol. The number of benzene rings is 1. The molecule has 5 heteroatoms. The molecule has 1 heterocycles. The zero-order chi connectivity index (χ0) is 12.1. The van der Waals surface area contributed by atoms with Crippen LogP contribution >= 0.6 is 22.9 Å². The van der Waals surface area contributed by atoms with Crippen molar-refractivity contribution >= 4 is 22.9 Å². The largest absolute Gasteiger partial charge is 0.311 e. The summed E-state index contributed by atoms with van der Waals surface area (Å²) in [6.45, 7) is 3.81. The lowest BCUT2D eigenvalue weighted by atomic mass is 10.2. The van der Waals surface area contributed by atoms with Crippen LogP contribution in [-0.4, -0.2) is 16.7 Å². The molecule has 2 aromatic rings. The smallest absolute Gasteiger partial charge is 0.131 e. The molecule has 0 saturated heterocycles. The Morgan fingerprint density at radius 3 is 2.76 bits per heavy atom. The molecule has 1 aromatic carbocycles. The van der Waals surface area contributed by atoms with Crippen LogP contribution in [0.3, 0.4) is 0 Å². The van der Waals surface area contributed by atoms with Gasteiger partial charge in [-0.25, -0.2) is 0 Å². The third kappa shape index (κ3) is 3.49. The Labute approximate surface area is 110 Å². The summed E-state index contributed by atoms with van der Waals surface area (Å²) in [4.78, 5) is 0. The quantitative estimate of drug-likeness (QED) is 0.905. The van der Waals surface area contributed by atoms with Gasteiger partial charge in [-0.1, -0.05) is 48.1 Å². The Kier molecular flexibility index (Phi) is 4.48. The first-order valence-corrected chi connectivity index (χ1v) is 6.74. The maximum atomic E-state index is 6.11. The summed E-state index contributed by atoms with van der Waals surface area (Å²) < 4.78 is 0. The van der Waals surface area contributed by atoms with Crippen molar-refractivity contribution in [3.05, 3.63) is 44.9 Å². The van der Waals surface area contributed by atoms with E-state index in [2.05, 4.69) is 22.4 Å². The fourth-order valence-electron chi connectivity index (χ4n) is 1.47. The Hall–Kier alpha value is -0.970. The van der Waals surface area contributed by atoms with Gasteiger partial charge in [0.25, 0.3) is 0 Å². The van der Waals surface area contributed by atoms with Crippen LogP contribution in [0.5, 0.6) is 0 Å². The van der Waals surface area contributed by atoms with Crippen molar-refractivity contribution in [3.63, 3.8) is 0 Å². The first-order valence-electron chi connectivity index (χ1n) is 5.55. The fraction of sp³-hybridized carbons (Fsp3) is 0.333. The second-order valence-corrected chi connectivity index (χ2v) is 5.19. The number of hydrogen-bond donors (Lipinski definition) is 1. The van der Waals surface area contributed by atoms with Gasteiger partial charge in [0.2, 0.25) is 0 Å². The van der Waals surface area contributed by atoms with Crippen molar-refractivity contribution in [3.8, 4) is 0 Å². The molecule has 3 nitrogen and oxygen atoms in total. The maximum absolute atomic E-state index is 6.11. The number of nitrogens with zero attached hydrogens (tertiary/aromatic N) is 2. The van der Waals surface area contributed by atoms with E-state index in [0.29, 0.717) is 0 Å². The first kappa shape index (κ1) is 12.5. The first-order chi connectivity index (χ1) is 8.29. The Bertz CT molecular complexity index is 484. The van der Waals surface area contributed by atoms with Crippen LogP contribution in [-0.2, 0) is 13.0 Å². The highest BCUT2D eigenvalue weighted by Gasteiger charge is 2.06. The van der Waals surface area contributed by atoms with E-state index in [1.807, 2.05) is 24.3 Å². The summed E-state index contributed by atoms with van der Waals surface area (Å²) in [5, 5.41) is 14.4. The van der Waals surface area contributed by atoms with E-state index < -0.39 is 0 Å². The number of halogens is 1. The molecule has 0 spiro atoms. The minimum atomic E-state index is 0.753. The third-order valence-corrected chi connectivity index (χ3v) is 3.63. The average Bonchev–Trinajstić information content (AvgIpc) is 2.77. The second kappa shape index (κ2) is 6.10. The normalized spacial score (nSPS) is 10.7. The molecule has 0 atom stereocenters. The summed E-state index contributed by atoms with van der Waals surface area (Å²) in [6.07, 6.45) is 0.753. The zero-order valence-corrected chi connectivity index (χ0v) is 11.2. The predicted molar refractivity (Wildman–Crippen MR) is 71.5 cm³/mol. The predicted octanol–water partition coefficient (Wildman–Crippen LogP) is 2.89. The zero-order valence-electron chi connectivity index (χ0n) is 9.61. The van der Waals surface area contributed by atoms with E-state index in [4.69, 9.17) is 11.6 Å². The van der Waals surface area contributed by atoms with Gasteiger partial charge in [-0.05, 0) is 18.2 Å². The number of hydrogen-bond acceptors (Lipinski definition) is 4. The summed E-state index contributed by atoms with van der Waals surface area (Å²) in [7, 11) is 0. The van der Waals surface area contributed by atoms with Gasteiger partial charge in [0.05, 0.1) is 0 Å². The molecule has 0 aliphatic rings. The van der Waals surface area contributed by atoms with E-state index >= 15 is 0 Å². The molecule has 0 unspecified atom stereocenters. The molecule has 0 saturated carbocycles. The highest BCUT2D eigenvalue weighted by atomic mass is 35.5. The average molecular weight is 268 g/mol. The van der Waals surface area contributed by atoms with Crippen molar-refractivity contribution in [2.24, 2.45) is 0 Å². The van der Waals surface area contributed by atoms with Gasteiger partial charge in [0.1, 0.15) is 10.0 Å². The van der Waals surface area contributed by atoms with Crippen molar-refractivity contribution < 1.29 is 0 Å². The summed E-state index contributed by atoms with van der Waals surface area (Å²) >= 11 is 7.74. The van der Waals surface area contributed by atoms with Gasteiger partial charge >= 0.3 is 0 Å². The molecule has 0 radical (unpaired) electrons. The van der Waals surface area contributed by atoms with Crippen LogP contribution in [0.15, 0.2) is 24.3 Å². The molecule has 0 aliphatic carbocycles. The number of aromatic nitrogens is 2. The minimum absolute atomic E-state index is 0.753. The fourth-order valence-corrected chi connectivity index (χ4v) is 2.51. The SMILES string of the molecule is CCNCc1nnc(Cc2ccccc2Cl)s1. The summed E-state index contributed by atoms with van der Waals surface area (Å²) in [5.74, 6) is 0. The van der Waals surface area contributed by atoms with Crippen LogP contribution in [0, 0.1) is 0 Å². The van der Waals surface area contributed by atoms with Crippen molar-refractivity contribution in [1.29, 1.82) is 0 Å². The van der Waals surface area contributed by atoms with Crippen molar-refractivity contribution in [2.75, 3.05) is 6.54 Å². The van der Waals surface area contributed by atoms with Gasteiger partial charge in [-0.2, -0.15) is 0 Å². The molecule has 17 heavy (non-hydrogen) atoms. The van der Waals surface area contributed by atoms with Gasteiger partial charge in [-0.15, -0.1) is 10.2 Å².